The lowest BCUT2D eigenvalue weighted by molar-refractivity contribution is 0.0558. The van der Waals surface area contributed by atoms with E-state index in [1.54, 1.807) is 20.8 Å². The van der Waals surface area contributed by atoms with Crippen molar-refractivity contribution in [2.75, 3.05) is 20.3 Å². The first-order valence-electron chi connectivity index (χ1n) is 8.48. The Balaban J connectivity index is 2.13. The first-order chi connectivity index (χ1) is 12.9. The molecule has 2 aliphatic rings. The van der Waals surface area contributed by atoms with Gasteiger partial charge in [-0.15, -0.1) is 0 Å². The summed E-state index contributed by atoms with van der Waals surface area (Å²) < 4.78 is 52.9. The molecule has 28 heavy (non-hydrogen) atoms. The zero-order chi connectivity index (χ0) is 20.9. The molecule has 1 N–H and O–H groups in total. The topological polar surface area (TPSA) is 97.3 Å². The predicted molar refractivity (Wildman–Crippen MR) is 104 cm³/mol. The maximum atomic E-state index is 14.7. The number of carbonyl (C=O) groups is 1. The van der Waals surface area contributed by atoms with Gasteiger partial charge < -0.3 is 9.47 Å². The van der Waals surface area contributed by atoms with Crippen LogP contribution in [-0.4, -0.2) is 55.9 Å². The molecule has 2 aliphatic heterocycles. The van der Waals surface area contributed by atoms with Crippen molar-refractivity contribution in [3.8, 4) is 0 Å². The van der Waals surface area contributed by atoms with Crippen molar-refractivity contribution in [2.45, 2.75) is 37.2 Å². The first-order valence-corrected chi connectivity index (χ1v) is 10.8. The van der Waals surface area contributed by atoms with Crippen molar-refractivity contribution in [1.29, 1.82) is 0 Å². The van der Waals surface area contributed by atoms with Gasteiger partial charge in [0.15, 0.2) is 0 Å². The van der Waals surface area contributed by atoms with E-state index in [9.17, 15) is 17.6 Å². The van der Waals surface area contributed by atoms with Crippen molar-refractivity contribution in [2.24, 2.45) is 4.99 Å². The number of hydrogen-bond acceptors (Lipinski definition) is 6. The number of ether oxygens (including phenoxy) is 2. The summed E-state index contributed by atoms with van der Waals surface area (Å²) in [5, 5.41) is 1.24. The van der Waals surface area contributed by atoms with E-state index in [0.717, 1.165) is 4.31 Å². The fourth-order valence-electron chi connectivity index (χ4n) is 3.20. The molecular formula is C17H21BrFN3O5S. The third kappa shape index (κ3) is 3.62. The Morgan fingerprint density at radius 3 is 2.79 bits per heavy atom. The number of fused-ring (bicyclic) bond motifs is 1. The van der Waals surface area contributed by atoms with Crippen LogP contribution < -0.4 is 5.32 Å². The molecule has 2 atom stereocenters. The highest BCUT2D eigenvalue weighted by Crippen LogP contribution is 2.44. The molecule has 3 rings (SSSR count). The third-order valence-electron chi connectivity index (χ3n) is 4.48. The number of guanidine groups is 1. The van der Waals surface area contributed by atoms with Crippen LogP contribution in [0.2, 0.25) is 0 Å². The monoisotopic (exact) mass is 477 g/mol. The van der Waals surface area contributed by atoms with Gasteiger partial charge in [-0.25, -0.2) is 26.9 Å². The molecule has 8 nitrogen and oxygen atoms in total. The molecule has 1 aromatic carbocycles. The van der Waals surface area contributed by atoms with Crippen LogP contribution >= 0.6 is 15.9 Å². The van der Waals surface area contributed by atoms with Gasteiger partial charge in [0.2, 0.25) is 16.0 Å². The van der Waals surface area contributed by atoms with Crippen molar-refractivity contribution in [3.63, 3.8) is 0 Å². The zero-order valence-electron chi connectivity index (χ0n) is 15.8. The van der Waals surface area contributed by atoms with E-state index in [-0.39, 0.29) is 24.7 Å². The molecule has 1 aromatic rings. The molecule has 0 aromatic heterocycles. The van der Waals surface area contributed by atoms with Crippen molar-refractivity contribution < 1.29 is 27.1 Å². The molecule has 0 spiro atoms. The Labute approximate surface area is 171 Å². The lowest BCUT2D eigenvalue weighted by Gasteiger charge is -2.39. The van der Waals surface area contributed by atoms with Crippen LogP contribution in [0.15, 0.2) is 27.7 Å². The second kappa shape index (κ2) is 6.96. The standard InChI is InChI=1S/C17H21BrFN3O5S/c1-16(2,3)27-15(23)20-14-21-17(11-7-10(18)5-6-12(11)19)9-26-8-13(17)28(24,25)22(14)4/h5-7,13H,8-9H2,1-4H3,(H,20,21,23)/t13-,17-/m1/s1. The molecule has 11 heteroatoms. The molecule has 1 amide bonds. The van der Waals surface area contributed by atoms with Gasteiger partial charge in [-0.1, -0.05) is 15.9 Å². The van der Waals surface area contributed by atoms with Gasteiger partial charge in [0.25, 0.3) is 0 Å². The molecule has 0 radical (unpaired) electrons. The number of carbonyl (C=O) groups excluding carboxylic acids is 1. The van der Waals surface area contributed by atoms with E-state index >= 15 is 0 Å². The molecule has 2 heterocycles. The van der Waals surface area contributed by atoms with Crippen LogP contribution in [0.1, 0.15) is 26.3 Å². The number of nitrogens with zero attached hydrogens (tertiary/aromatic N) is 2. The van der Waals surface area contributed by atoms with Gasteiger partial charge in [0.05, 0.1) is 13.2 Å². The average Bonchev–Trinajstić information content (AvgIpc) is 2.99. The Bertz CT molecular complexity index is 947. The van der Waals surface area contributed by atoms with E-state index in [4.69, 9.17) is 9.47 Å². The summed E-state index contributed by atoms with van der Waals surface area (Å²) in [5.74, 6) is -0.866. The van der Waals surface area contributed by atoms with Gasteiger partial charge in [-0.3, -0.25) is 5.32 Å². The molecule has 154 valence electrons. The number of aliphatic imine (C=N–C) groups is 1. The first kappa shape index (κ1) is 21.0. The molecule has 1 fully saturated rings. The van der Waals surface area contributed by atoms with Crippen molar-refractivity contribution in [1.82, 2.24) is 9.62 Å². The van der Waals surface area contributed by atoms with Crippen LogP contribution in [0.3, 0.4) is 0 Å². The van der Waals surface area contributed by atoms with Crippen LogP contribution in [-0.2, 0) is 25.0 Å². The molecule has 1 saturated heterocycles. The maximum Gasteiger partial charge on any atom is 0.414 e. The number of benzene rings is 1. The lowest BCUT2D eigenvalue weighted by Crippen LogP contribution is -2.59. The zero-order valence-corrected chi connectivity index (χ0v) is 18.2. The second-order valence-electron chi connectivity index (χ2n) is 7.63. The summed E-state index contributed by atoms with van der Waals surface area (Å²) in [6, 6.07) is 4.21. The number of halogens is 2. The minimum absolute atomic E-state index is 0.0736. The highest BCUT2D eigenvalue weighted by molar-refractivity contribution is 9.10. The molecule has 0 unspecified atom stereocenters. The van der Waals surface area contributed by atoms with Gasteiger partial charge in [-0.05, 0) is 39.0 Å². The summed E-state index contributed by atoms with van der Waals surface area (Å²) in [4.78, 5) is 16.6. The predicted octanol–water partition coefficient (Wildman–Crippen LogP) is 2.34. The quantitative estimate of drug-likeness (QED) is 0.669. The fraction of sp³-hybridized carbons (Fsp3) is 0.529. The molecule has 0 saturated carbocycles. The molecule has 0 aliphatic carbocycles. The van der Waals surface area contributed by atoms with E-state index in [0.29, 0.717) is 4.47 Å². The lowest BCUT2D eigenvalue weighted by atomic mass is 9.89. The summed E-state index contributed by atoms with van der Waals surface area (Å²) in [7, 11) is -2.72. The highest BCUT2D eigenvalue weighted by Gasteiger charge is 2.58. The van der Waals surface area contributed by atoms with Gasteiger partial charge >= 0.3 is 6.09 Å². The Hall–Kier alpha value is -1.72. The SMILES string of the molecule is CN1C(NC(=O)OC(C)(C)C)=N[C@@]2(c3cc(Br)ccc3F)COC[C@H]2S1(=O)=O. The third-order valence-corrected chi connectivity index (χ3v) is 7.15. The van der Waals surface area contributed by atoms with Crippen LogP contribution in [0.4, 0.5) is 9.18 Å². The summed E-state index contributed by atoms with van der Waals surface area (Å²) in [6.45, 7) is 4.75. The average molecular weight is 478 g/mol. The van der Waals surface area contributed by atoms with E-state index in [2.05, 4.69) is 26.2 Å². The Morgan fingerprint density at radius 2 is 2.14 bits per heavy atom. The fourth-order valence-corrected chi connectivity index (χ4v) is 5.28. The van der Waals surface area contributed by atoms with Gasteiger partial charge in [-0.2, -0.15) is 0 Å². The minimum Gasteiger partial charge on any atom is -0.444 e. The normalized spacial score (nSPS) is 26.4. The van der Waals surface area contributed by atoms with Gasteiger partial charge in [0.1, 0.15) is 22.2 Å². The van der Waals surface area contributed by atoms with Crippen molar-refractivity contribution >= 4 is 38.0 Å². The summed E-state index contributed by atoms with van der Waals surface area (Å²) in [5.41, 5.74) is -2.24. The smallest absolute Gasteiger partial charge is 0.414 e. The van der Waals surface area contributed by atoms with E-state index in [1.807, 2.05) is 0 Å². The second-order valence-corrected chi connectivity index (χ2v) is 10.7. The van der Waals surface area contributed by atoms with Crippen LogP contribution in [0.25, 0.3) is 0 Å². The number of hydrogen-bond donors (Lipinski definition) is 1. The maximum absolute atomic E-state index is 14.7. The van der Waals surface area contributed by atoms with Gasteiger partial charge in [0, 0.05) is 17.1 Å². The summed E-state index contributed by atoms with van der Waals surface area (Å²) >= 11 is 3.28. The number of amides is 1. The Morgan fingerprint density at radius 1 is 1.46 bits per heavy atom. The minimum atomic E-state index is -3.99. The number of nitrogens with one attached hydrogen (secondary N) is 1. The number of sulfonamides is 1. The largest absolute Gasteiger partial charge is 0.444 e. The highest BCUT2D eigenvalue weighted by atomic mass is 79.9. The van der Waals surface area contributed by atoms with Crippen LogP contribution in [0, 0.1) is 5.82 Å². The number of rotatable bonds is 1. The molecule has 0 bridgehead atoms. The summed E-state index contributed by atoms with van der Waals surface area (Å²) in [6.07, 6.45) is -0.865. The van der Waals surface area contributed by atoms with Crippen LogP contribution in [0.5, 0.6) is 0 Å². The van der Waals surface area contributed by atoms with E-state index < -0.39 is 38.3 Å². The van der Waals surface area contributed by atoms with E-state index in [1.165, 1.54) is 25.2 Å². The molecular weight excluding hydrogens is 457 g/mol. The number of alkyl carbamates (subject to hydrolysis) is 1. The Kier molecular flexibility index (Phi) is 5.22. The van der Waals surface area contributed by atoms with Crippen molar-refractivity contribution in [3.05, 3.63) is 34.1 Å².